The quantitative estimate of drug-likeness (QED) is 0.376. The molecule has 0 spiro atoms. The molecule has 0 aliphatic rings. The number of halogens is 2. The Kier molecular flexibility index (Phi) is 6.10. The number of aromatic amines is 1. The molecule has 154 valence electrons. The van der Waals surface area contributed by atoms with Crippen molar-refractivity contribution in [3.8, 4) is 0 Å². The van der Waals surface area contributed by atoms with Crippen LogP contribution in [0.15, 0.2) is 47.8 Å². The van der Waals surface area contributed by atoms with E-state index in [1.165, 1.54) is 17.4 Å². The third-order valence-electron chi connectivity index (χ3n) is 4.52. The molecule has 0 unspecified atom stereocenters. The summed E-state index contributed by atoms with van der Waals surface area (Å²) < 4.78 is 27.3. The van der Waals surface area contributed by atoms with Gasteiger partial charge >= 0.3 is 0 Å². The molecule has 0 fully saturated rings. The van der Waals surface area contributed by atoms with Crippen LogP contribution in [0.2, 0.25) is 0 Å². The molecule has 2 aromatic carbocycles. The third-order valence-corrected chi connectivity index (χ3v) is 5.43. The fourth-order valence-electron chi connectivity index (χ4n) is 2.98. The second-order valence-electron chi connectivity index (χ2n) is 6.64. The van der Waals surface area contributed by atoms with E-state index in [4.69, 9.17) is 0 Å². The van der Waals surface area contributed by atoms with Crippen LogP contribution >= 0.6 is 11.3 Å². The number of aromatic nitrogens is 3. The maximum Gasteiger partial charge on any atom is 0.271 e. The number of carbonyl (C=O) groups is 1. The summed E-state index contributed by atoms with van der Waals surface area (Å²) in [5.41, 5.74) is 2.00. The molecule has 2 heterocycles. The monoisotopic (exact) mass is 427 g/mol. The lowest BCUT2D eigenvalue weighted by Crippen LogP contribution is -2.24. The Morgan fingerprint density at radius 1 is 1.03 bits per heavy atom. The zero-order chi connectivity index (χ0) is 20.9. The van der Waals surface area contributed by atoms with Crippen LogP contribution in [0, 0.1) is 11.6 Å². The van der Waals surface area contributed by atoms with Crippen molar-refractivity contribution in [2.45, 2.75) is 19.5 Å². The average Bonchev–Trinajstić information content (AvgIpc) is 3.37. The molecule has 0 saturated carbocycles. The summed E-state index contributed by atoms with van der Waals surface area (Å²) in [6.45, 7) is 1.04. The number of benzene rings is 2. The standard InChI is InChI=1S/C21H19F2N5OS/c22-14-4-3-5-15(23)13(14)10-25-21(29)18-12-30-20(28-18)8-9-24-11-19-26-16-6-1-2-7-17(16)27-19/h1-7,12,24H,8-11H2,(H,25,29)(H,26,27). The molecule has 0 aliphatic heterocycles. The van der Waals surface area contributed by atoms with Crippen molar-refractivity contribution in [2.24, 2.45) is 0 Å². The number of fused-ring (bicyclic) bond motifs is 1. The van der Waals surface area contributed by atoms with E-state index < -0.39 is 17.5 Å². The maximum absolute atomic E-state index is 13.6. The van der Waals surface area contributed by atoms with Crippen molar-refractivity contribution >= 4 is 28.3 Å². The highest BCUT2D eigenvalue weighted by Crippen LogP contribution is 2.14. The van der Waals surface area contributed by atoms with Gasteiger partial charge in [0.1, 0.15) is 23.2 Å². The Labute approximate surface area is 175 Å². The molecule has 9 heteroatoms. The normalized spacial score (nSPS) is 11.1. The van der Waals surface area contributed by atoms with Crippen LogP contribution < -0.4 is 10.6 Å². The van der Waals surface area contributed by atoms with Crippen LogP contribution in [0.3, 0.4) is 0 Å². The van der Waals surface area contributed by atoms with E-state index in [1.54, 1.807) is 5.38 Å². The molecule has 30 heavy (non-hydrogen) atoms. The van der Waals surface area contributed by atoms with Crippen molar-refractivity contribution in [1.29, 1.82) is 0 Å². The molecular formula is C21H19F2N5OS. The van der Waals surface area contributed by atoms with Gasteiger partial charge < -0.3 is 15.6 Å². The first kappa shape index (κ1) is 20.1. The minimum Gasteiger partial charge on any atom is -0.346 e. The molecule has 4 aromatic rings. The van der Waals surface area contributed by atoms with Gasteiger partial charge in [0.25, 0.3) is 5.91 Å². The zero-order valence-electron chi connectivity index (χ0n) is 15.9. The summed E-state index contributed by atoms with van der Waals surface area (Å²) in [6, 6.07) is 11.4. The van der Waals surface area contributed by atoms with Gasteiger partial charge in [-0.25, -0.2) is 18.7 Å². The number of hydrogen-bond donors (Lipinski definition) is 3. The van der Waals surface area contributed by atoms with Crippen LogP contribution in [-0.4, -0.2) is 27.4 Å². The van der Waals surface area contributed by atoms with Gasteiger partial charge in [-0.3, -0.25) is 4.79 Å². The van der Waals surface area contributed by atoms with E-state index in [0.29, 0.717) is 19.5 Å². The van der Waals surface area contributed by atoms with Crippen molar-refractivity contribution in [3.63, 3.8) is 0 Å². The van der Waals surface area contributed by atoms with Gasteiger partial charge in [-0.1, -0.05) is 18.2 Å². The molecule has 2 aromatic heterocycles. The van der Waals surface area contributed by atoms with E-state index >= 15 is 0 Å². The number of imidazole rings is 1. The van der Waals surface area contributed by atoms with Crippen molar-refractivity contribution in [3.05, 3.63) is 81.6 Å². The van der Waals surface area contributed by atoms with Crippen LogP contribution in [0.5, 0.6) is 0 Å². The minimum atomic E-state index is -0.690. The number of carbonyl (C=O) groups excluding carboxylic acids is 1. The van der Waals surface area contributed by atoms with Crippen molar-refractivity contribution in [2.75, 3.05) is 6.54 Å². The van der Waals surface area contributed by atoms with Crippen LogP contribution in [0.1, 0.15) is 26.9 Å². The lowest BCUT2D eigenvalue weighted by Gasteiger charge is -2.06. The Bertz CT molecular complexity index is 1120. The summed E-state index contributed by atoms with van der Waals surface area (Å²) in [7, 11) is 0. The molecular weight excluding hydrogens is 408 g/mol. The number of amides is 1. The number of nitrogens with one attached hydrogen (secondary N) is 3. The Hall–Kier alpha value is -3.17. The van der Waals surface area contributed by atoms with Gasteiger partial charge in [0, 0.05) is 30.5 Å². The van der Waals surface area contributed by atoms with Gasteiger partial charge in [0.05, 0.1) is 22.6 Å². The lowest BCUT2D eigenvalue weighted by molar-refractivity contribution is 0.0946. The topological polar surface area (TPSA) is 82.7 Å². The van der Waals surface area contributed by atoms with E-state index in [-0.39, 0.29) is 17.8 Å². The highest BCUT2D eigenvalue weighted by Gasteiger charge is 2.13. The fourth-order valence-corrected chi connectivity index (χ4v) is 3.76. The summed E-state index contributed by atoms with van der Waals surface area (Å²) >= 11 is 1.37. The van der Waals surface area contributed by atoms with Crippen molar-refractivity contribution in [1.82, 2.24) is 25.6 Å². The molecule has 4 rings (SSSR count). The van der Waals surface area contributed by atoms with E-state index in [1.807, 2.05) is 24.3 Å². The van der Waals surface area contributed by atoms with E-state index in [9.17, 15) is 13.6 Å². The summed E-state index contributed by atoms with van der Waals surface area (Å²) in [4.78, 5) is 24.3. The van der Waals surface area contributed by atoms with Gasteiger partial charge in [-0.05, 0) is 24.3 Å². The number of nitrogens with zero attached hydrogens (tertiary/aromatic N) is 2. The first-order chi connectivity index (χ1) is 14.6. The smallest absolute Gasteiger partial charge is 0.271 e. The molecule has 1 amide bonds. The molecule has 0 saturated heterocycles. The Morgan fingerprint density at radius 2 is 1.83 bits per heavy atom. The van der Waals surface area contributed by atoms with Gasteiger partial charge in [0.2, 0.25) is 0 Å². The number of thiazole rings is 1. The molecule has 3 N–H and O–H groups in total. The summed E-state index contributed by atoms with van der Waals surface area (Å²) in [6.07, 6.45) is 0.653. The minimum absolute atomic E-state index is 0.170. The predicted molar refractivity (Wildman–Crippen MR) is 111 cm³/mol. The van der Waals surface area contributed by atoms with E-state index in [0.717, 1.165) is 34.0 Å². The molecule has 0 aliphatic carbocycles. The number of rotatable bonds is 8. The molecule has 0 atom stereocenters. The van der Waals surface area contributed by atoms with Crippen LogP contribution in [-0.2, 0) is 19.5 Å². The largest absolute Gasteiger partial charge is 0.346 e. The van der Waals surface area contributed by atoms with Crippen LogP contribution in [0.25, 0.3) is 11.0 Å². The molecule has 0 radical (unpaired) electrons. The van der Waals surface area contributed by atoms with Gasteiger partial charge in [0.15, 0.2) is 0 Å². The molecule has 0 bridgehead atoms. The first-order valence-electron chi connectivity index (χ1n) is 9.40. The molecule has 6 nitrogen and oxygen atoms in total. The van der Waals surface area contributed by atoms with Gasteiger partial charge in [-0.15, -0.1) is 11.3 Å². The third kappa shape index (κ3) is 4.69. The number of hydrogen-bond acceptors (Lipinski definition) is 5. The second-order valence-corrected chi connectivity index (χ2v) is 7.58. The van der Waals surface area contributed by atoms with Gasteiger partial charge in [-0.2, -0.15) is 0 Å². The Balaban J connectivity index is 1.25. The maximum atomic E-state index is 13.6. The average molecular weight is 427 g/mol. The summed E-state index contributed by atoms with van der Waals surface area (Å²) in [5.74, 6) is -0.985. The fraction of sp³-hybridized carbons (Fsp3) is 0.190. The first-order valence-corrected chi connectivity index (χ1v) is 10.3. The van der Waals surface area contributed by atoms with Crippen LogP contribution in [0.4, 0.5) is 8.78 Å². The lowest BCUT2D eigenvalue weighted by atomic mass is 10.2. The highest BCUT2D eigenvalue weighted by molar-refractivity contribution is 7.09. The predicted octanol–water partition coefficient (Wildman–Crippen LogP) is 3.56. The SMILES string of the molecule is O=C(NCc1c(F)cccc1F)c1csc(CCNCc2nc3ccccc3[nH]2)n1. The number of para-hydroxylation sites is 2. The number of H-pyrrole nitrogens is 1. The summed E-state index contributed by atoms with van der Waals surface area (Å²) in [5, 5.41) is 8.25. The second kappa shape index (κ2) is 9.10. The highest BCUT2D eigenvalue weighted by atomic mass is 32.1. The van der Waals surface area contributed by atoms with E-state index in [2.05, 4.69) is 25.6 Å². The van der Waals surface area contributed by atoms with Crippen molar-refractivity contribution < 1.29 is 13.6 Å². The Morgan fingerprint density at radius 3 is 2.63 bits per heavy atom. The zero-order valence-corrected chi connectivity index (χ0v) is 16.7.